The first kappa shape index (κ1) is 11.9. The van der Waals surface area contributed by atoms with Crippen molar-refractivity contribution in [2.75, 3.05) is 14.2 Å². The van der Waals surface area contributed by atoms with Crippen molar-refractivity contribution in [1.29, 1.82) is 0 Å². The van der Waals surface area contributed by atoms with Crippen molar-refractivity contribution in [3.8, 4) is 5.75 Å². The van der Waals surface area contributed by atoms with Crippen molar-refractivity contribution in [1.82, 2.24) is 5.32 Å². The standard InChI is InChI=1S/C11H15F2NO/c1-11(2,14-3)7-5-6-8(12)9(13)10(7)15-4/h5-6,14H,1-4H3. The Morgan fingerprint density at radius 2 is 1.87 bits per heavy atom. The Hall–Kier alpha value is -1.16. The Bertz CT molecular complexity index is 364. The molecule has 0 aliphatic heterocycles. The fourth-order valence-electron chi connectivity index (χ4n) is 1.36. The van der Waals surface area contributed by atoms with Crippen LogP contribution in [0, 0.1) is 11.6 Å². The number of methoxy groups -OCH3 is 1. The summed E-state index contributed by atoms with van der Waals surface area (Å²) in [4.78, 5) is 0. The maximum absolute atomic E-state index is 13.4. The van der Waals surface area contributed by atoms with E-state index in [0.29, 0.717) is 5.56 Å². The van der Waals surface area contributed by atoms with Gasteiger partial charge in [-0.15, -0.1) is 0 Å². The highest BCUT2D eigenvalue weighted by molar-refractivity contribution is 5.40. The molecule has 0 amide bonds. The van der Waals surface area contributed by atoms with Crippen LogP contribution in [0.4, 0.5) is 8.78 Å². The Morgan fingerprint density at radius 3 is 2.33 bits per heavy atom. The molecule has 4 heteroatoms. The first-order valence-corrected chi connectivity index (χ1v) is 4.65. The summed E-state index contributed by atoms with van der Waals surface area (Å²) in [7, 11) is 3.08. The maximum Gasteiger partial charge on any atom is 0.200 e. The van der Waals surface area contributed by atoms with Gasteiger partial charge in [0.2, 0.25) is 5.82 Å². The Balaban J connectivity index is 3.37. The predicted molar refractivity (Wildman–Crippen MR) is 55.0 cm³/mol. The summed E-state index contributed by atoms with van der Waals surface area (Å²) in [6.45, 7) is 3.73. The van der Waals surface area contributed by atoms with Crippen LogP contribution in [-0.2, 0) is 5.54 Å². The monoisotopic (exact) mass is 215 g/mol. The van der Waals surface area contributed by atoms with Gasteiger partial charge in [0.05, 0.1) is 7.11 Å². The SMILES string of the molecule is CNC(C)(C)c1ccc(F)c(F)c1OC. The van der Waals surface area contributed by atoms with Gasteiger partial charge in [0, 0.05) is 11.1 Å². The number of hydrogen-bond donors (Lipinski definition) is 1. The normalized spacial score (nSPS) is 11.6. The highest BCUT2D eigenvalue weighted by atomic mass is 19.2. The average molecular weight is 215 g/mol. The quantitative estimate of drug-likeness (QED) is 0.836. The van der Waals surface area contributed by atoms with Gasteiger partial charge in [0.25, 0.3) is 0 Å². The molecule has 0 saturated heterocycles. The Morgan fingerprint density at radius 1 is 1.27 bits per heavy atom. The molecule has 84 valence electrons. The van der Waals surface area contributed by atoms with Gasteiger partial charge in [-0.05, 0) is 27.0 Å². The minimum absolute atomic E-state index is 0.0469. The summed E-state index contributed by atoms with van der Waals surface area (Å²) < 4.78 is 31.3. The summed E-state index contributed by atoms with van der Waals surface area (Å²) in [5.74, 6) is -1.89. The van der Waals surface area contributed by atoms with Gasteiger partial charge in [-0.2, -0.15) is 4.39 Å². The van der Waals surface area contributed by atoms with Crippen LogP contribution < -0.4 is 10.1 Å². The molecule has 0 aromatic heterocycles. The van der Waals surface area contributed by atoms with Gasteiger partial charge < -0.3 is 10.1 Å². The molecular formula is C11H15F2NO. The molecule has 0 saturated carbocycles. The van der Waals surface area contributed by atoms with Gasteiger partial charge in [-0.1, -0.05) is 6.07 Å². The third-order valence-electron chi connectivity index (χ3n) is 2.55. The van der Waals surface area contributed by atoms with E-state index in [2.05, 4.69) is 5.32 Å². The largest absolute Gasteiger partial charge is 0.493 e. The van der Waals surface area contributed by atoms with E-state index >= 15 is 0 Å². The van der Waals surface area contributed by atoms with Gasteiger partial charge in [0.15, 0.2) is 11.6 Å². The second kappa shape index (κ2) is 4.14. The Kier molecular flexibility index (Phi) is 3.29. The van der Waals surface area contributed by atoms with Crippen molar-refractivity contribution in [2.45, 2.75) is 19.4 Å². The molecule has 1 rings (SSSR count). The van der Waals surface area contributed by atoms with E-state index in [4.69, 9.17) is 4.74 Å². The number of halogens is 2. The zero-order valence-corrected chi connectivity index (χ0v) is 9.32. The smallest absolute Gasteiger partial charge is 0.200 e. The van der Waals surface area contributed by atoms with E-state index in [9.17, 15) is 8.78 Å². The number of hydrogen-bond acceptors (Lipinski definition) is 2. The third kappa shape index (κ3) is 2.09. The van der Waals surface area contributed by atoms with Crippen molar-refractivity contribution in [3.05, 3.63) is 29.3 Å². The highest BCUT2D eigenvalue weighted by Gasteiger charge is 2.25. The molecular weight excluding hydrogens is 200 g/mol. The van der Waals surface area contributed by atoms with Crippen LogP contribution in [-0.4, -0.2) is 14.2 Å². The molecule has 1 N–H and O–H groups in total. The van der Waals surface area contributed by atoms with E-state index in [1.165, 1.54) is 13.2 Å². The van der Waals surface area contributed by atoms with Crippen LogP contribution in [0.1, 0.15) is 19.4 Å². The lowest BCUT2D eigenvalue weighted by molar-refractivity contribution is 0.343. The number of ether oxygens (including phenoxy) is 1. The van der Waals surface area contributed by atoms with Crippen LogP contribution in [0.3, 0.4) is 0 Å². The zero-order valence-electron chi connectivity index (χ0n) is 9.32. The van der Waals surface area contributed by atoms with Crippen LogP contribution in [0.2, 0.25) is 0 Å². The maximum atomic E-state index is 13.4. The second-order valence-electron chi connectivity index (χ2n) is 3.82. The summed E-state index contributed by atoms with van der Waals surface area (Å²) in [5.41, 5.74) is 0.117. The number of nitrogens with one attached hydrogen (secondary N) is 1. The molecule has 0 unspecified atom stereocenters. The molecule has 0 bridgehead atoms. The Labute approximate surface area is 88.3 Å². The zero-order chi connectivity index (χ0) is 11.6. The van der Waals surface area contributed by atoms with E-state index in [1.54, 1.807) is 7.05 Å². The topological polar surface area (TPSA) is 21.3 Å². The lowest BCUT2D eigenvalue weighted by atomic mass is 9.93. The van der Waals surface area contributed by atoms with Crippen molar-refractivity contribution in [2.24, 2.45) is 0 Å². The number of rotatable bonds is 3. The molecule has 0 atom stereocenters. The molecule has 1 aromatic carbocycles. The molecule has 0 radical (unpaired) electrons. The molecule has 0 aliphatic rings. The van der Waals surface area contributed by atoms with Crippen LogP contribution >= 0.6 is 0 Å². The minimum Gasteiger partial charge on any atom is -0.493 e. The molecule has 15 heavy (non-hydrogen) atoms. The van der Waals surface area contributed by atoms with Gasteiger partial charge in [0.1, 0.15) is 0 Å². The van der Waals surface area contributed by atoms with Crippen LogP contribution in [0.25, 0.3) is 0 Å². The van der Waals surface area contributed by atoms with Crippen molar-refractivity contribution >= 4 is 0 Å². The van der Waals surface area contributed by atoms with Gasteiger partial charge >= 0.3 is 0 Å². The van der Waals surface area contributed by atoms with E-state index in [-0.39, 0.29) is 5.75 Å². The molecule has 0 heterocycles. The van der Waals surface area contributed by atoms with Crippen molar-refractivity contribution < 1.29 is 13.5 Å². The molecule has 2 nitrogen and oxygen atoms in total. The fraction of sp³-hybridized carbons (Fsp3) is 0.455. The van der Waals surface area contributed by atoms with Gasteiger partial charge in [-0.25, -0.2) is 4.39 Å². The summed E-state index contributed by atoms with van der Waals surface area (Å²) >= 11 is 0. The van der Waals surface area contributed by atoms with E-state index < -0.39 is 17.2 Å². The summed E-state index contributed by atoms with van der Waals surface area (Å²) in [5, 5.41) is 3.01. The van der Waals surface area contributed by atoms with Gasteiger partial charge in [-0.3, -0.25) is 0 Å². The second-order valence-corrected chi connectivity index (χ2v) is 3.82. The first-order chi connectivity index (χ1) is 6.94. The third-order valence-corrected chi connectivity index (χ3v) is 2.55. The first-order valence-electron chi connectivity index (χ1n) is 4.65. The fourth-order valence-corrected chi connectivity index (χ4v) is 1.36. The van der Waals surface area contributed by atoms with Crippen LogP contribution in [0.5, 0.6) is 5.75 Å². The lowest BCUT2D eigenvalue weighted by Gasteiger charge is -2.26. The highest BCUT2D eigenvalue weighted by Crippen LogP contribution is 2.32. The summed E-state index contributed by atoms with van der Waals surface area (Å²) in [6, 6.07) is 2.63. The predicted octanol–water partition coefficient (Wildman–Crippen LogP) is 2.43. The minimum atomic E-state index is -0.946. The molecule has 0 fully saturated rings. The molecule has 1 aromatic rings. The lowest BCUT2D eigenvalue weighted by Crippen LogP contribution is -2.33. The summed E-state index contributed by atoms with van der Waals surface area (Å²) in [6.07, 6.45) is 0. The van der Waals surface area contributed by atoms with Crippen LogP contribution in [0.15, 0.2) is 12.1 Å². The number of benzene rings is 1. The molecule has 0 aliphatic carbocycles. The van der Waals surface area contributed by atoms with Crippen molar-refractivity contribution in [3.63, 3.8) is 0 Å². The average Bonchev–Trinajstić information content (AvgIpc) is 2.21. The molecule has 0 spiro atoms. The van der Waals surface area contributed by atoms with E-state index in [0.717, 1.165) is 6.07 Å². The van der Waals surface area contributed by atoms with E-state index in [1.807, 2.05) is 13.8 Å².